The van der Waals surface area contributed by atoms with Crippen LogP contribution in [0.25, 0.3) is 5.76 Å². The number of nitrogens with zero attached hydrogens (tertiary/aromatic N) is 2. The molecule has 1 heterocycles. The van der Waals surface area contributed by atoms with Gasteiger partial charge in [0.1, 0.15) is 11.5 Å². The van der Waals surface area contributed by atoms with Crippen LogP contribution in [0.5, 0.6) is 5.75 Å². The molecular weight excluding hydrogens is 451 g/mol. The highest BCUT2D eigenvalue weighted by Crippen LogP contribution is 2.41. The molecule has 0 aliphatic carbocycles. The minimum Gasteiger partial charge on any atom is -0.507 e. The lowest BCUT2D eigenvalue weighted by Gasteiger charge is -2.28. The topological polar surface area (TPSA) is 70.1 Å². The summed E-state index contributed by atoms with van der Waals surface area (Å²) in [5.74, 6) is -1.13. The van der Waals surface area contributed by atoms with Gasteiger partial charge in [-0.15, -0.1) is 0 Å². The lowest BCUT2D eigenvalue weighted by molar-refractivity contribution is -0.140. The van der Waals surface area contributed by atoms with Crippen molar-refractivity contribution in [3.63, 3.8) is 0 Å². The molecule has 1 amide bonds. The third-order valence-electron chi connectivity index (χ3n) is 5.69. The summed E-state index contributed by atoms with van der Waals surface area (Å²) in [6.45, 7) is 6.64. The van der Waals surface area contributed by atoms with Crippen molar-refractivity contribution in [1.29, 1.82) is 0 Å². The molecule has 1 unspecified atom stereocenters. The van der Waals surface area contributed by atoms with Crippen molar-refractivity contribution in [2.45, 2.75) is 19.9 Å². The Hall–Kier alpha value is -2.54. The van der Waals surface area contributed by atoms with Gasteiger partial charge in [0.05, 0.1) is 28.8 Å². The molecule has 1 fully saturated rings. The van der Waals surface area contributed by atoms with Crippen molar-refractivity contribution in [1.82, 2.24) is 9.80 Å². The Kier molecular flexibility index (Phi) is 7.82. The standard InChI is InChI=1S/C24H26Cl2N2O4/c1-4-27(5-2)11-12-28-21(15-9-10-18(25)19(26)14-15)20(23(30)24(28)31)22(29)16-7-6-8-17(13-16)32-3/h6-10,13-14,21,29H,4-5,11-12H2,1-3H3. The Balaban J connectivity index is 2.13. The molecule has 2 aromatic carbocycles. The molecule has 1 aliphatic heterocycles. The summed E-state index contributed by atoms with van der Waals surface area (Å²) in [5.41, 5.74) is 1.000. The molecule has 1 atom stereocenters. The Morgan fingerprint density at radius 3 is 2.44 bits per heavy atom. The summed E-state index contributed by atoms with van der Waals surface area (Å²) in [7, 11) is 1.51. The third-order valence-corrected chi connectivity index (χ3v) is 6.43. The fraction of sp³-hybridized carbons (Fsp3) is 0.333. The SMILES string of the molecule is CCN(CC)CCN1C(=O)C(=O)C(=C(O)c2cccc(OC)c2)C1c1ccc(Cl)c(Cl)c1. The first-order valence-electron chi connectivity index (χ1n) is 10.4. The Bertz CT molecular complexity index is 1050. The van der Waals surface area contributed by atoms with Crippen molar-refractivity contribution >= 4 is 40.7 Å². The summed E-state index contributed by atoms with van der Waals surface area (Å²) in [5, 5.41) is 11.8. The maximum atomic E-state index is 13.1. The van der Waals surface area contributed by atoms with Crippen LogP contribution in [0.3, 0.4) is 0 Å². The number of rotatable bonds is 8. The molecule has 0 spiro atoms. The van der Waals surface area contributed by atoms with Gasteiger partial charge in [-0.25, -0.2) is 0 Å². The van der Waals surface area contributed by atoms with Gasteiger partial charge in [0.25, 0.3) is 11.7 Å². The number of hydrogen-bond donors (Lipinski definition) is 1. The van der Waals surface area contributed by atoms with Gasteiger partial charge in [-0.3, -0.25) is 9.59 Å². The number of hydrogen-bond acceptors (Lipinski definition) is 5. The minimum absolute atomic E-state index is 0.0150. The zero-order chi connectivity index (χ0) is 23.4. The fourth-order valence-corrected chi connectivity index (χ4v) is 4.16. The molecule has 170 valence electrons. The second kappa shape index (κ2) is 10.4. The zero-order valence-electron chi connectivity index (χ0n) is 18.3. The van der Waals surface area contributed by atoms with E-state index in [1.807, 2.05) is 13.8 Å². The number of ether oxygens (including phenoxy) is 1. The van der Waals surface area contributed by atoms with Gasteiger partial charge in [-0.1, -0.05) is 55.2 Å². The van der Waals surface area contributed by atoms with E-state index < -0.39 is 17.7 Å². The van der Waals surface area contributed by atoms with Crippen molar-refractivity contribution in [3.05, 3.63) is 69.2 Å². The molecule has 8 heteroatoms. The molecule has 0 radical (unpaired) electrons. The largest absolute Gasteiger partial charge is 0.507 e. The summed E-state index contributed by atoms with van der Waals surface area (Å²) < 4.78 is 5.23. The number of benzene rings is 2. The Morgan fingerprint density at radius 2 is 1.81 bits per heavy atom. The summed E-state index contributed by atoms with van der Waals surface area (Å²) in [6.07, 6.45) is 0. The summed E-state index contributed by atoms with van der Waals surface area (Å²) in [6, 6.07) is 10.9. The normalized spacial score (nSPS) is 17.9. The average Bonchev–Trinajstić information content (AvgIpc) is 3.06. The molecule has 0 saturated carbocycles. The highest BCUT2D eigenvalue weighted by Gasteiger charge is 2.46. The molecule has 1 aliphatic rings. The van der Waals surface area contributed by atoms with Crippen molar-refractivity contribution in [2.75, 3.05) is 33.3 Å². The van der Waals surface area contributed by atoms with Crippen molar-refractivity contribution in [2.24, 2.45) is 0 Å². The van der Waals surface area contributed by atoms with Crippen LogP contribution in [0.4, 0.5) is 0 Å². The number of aliphatic hydroxyl groups excluding tert-OH is 1. The minimum atomic E-state index is -0.786. The first kappa shape index (κ1) is 24.1. The van der Waals surface area contributed by atoms with Crippen molar-refractivity contribution in [3.8, 4) is 5.75 Å². The molecule has 1 N–H and O–H groups in total. The lowest BCUT2D eigenvalue weighted by Crippen LogP contribution is -2.38. The Labute approximate surface area is 198 Å². The fourth-order valence-electron chi connectivity index (χ4n) is 3.85. The highest BCUT2D eigenvalue weighted by atomic mass is 35.5. The number of methoxy groups -OCH3 is 1. The van der Waals surface area contributed by atoms with Crippen LogP contribution >= 0.6 is 23.2 Å². The maximum Gasteiger partial charge on any atom is 0.295 e. The van der Waals surface area contributed by atoms with Crippen LogP contribution in [0.15, 0.2) is 48.0 Å². The number of ketones is 1. The molecule has 0 aromatic heterocycles. The van der Waals surface area contributed by atoms with E-state index in [0.29, 0.717) is 40.0 Å². The average molecular weight is 477 g/mol. The molecule has 6 nitrogen and oxygen atoms in total. The smallest absolute Gasteiger partial charge is 0.295 e. The number of carbonyl (C=O) groups excluding carboxylic acids is 2. The molecule has 32 heavy (non-hydrogen) atoms. The first-order valence-corrected chi connectivity index (χ1v) is 11.2. The van der Waals surface area contributed by atoms with E-state index in [-0.39, 0.29) is 11.3 Å². The van der Waals surface area contributed by atoms with E-state index in [1.54, 1.807) is 42.5 Å². The number of amides is 1. The number of aliphatic hydroxyl groups is 1. The number of halogens is 2. The summed E-state index contributed by atoms with van der Waals surface area (Å²) in [4.78, 5) is 29.8. The predicted octanol–water partition coefficient (Wildman–Crippen LogP) is 4.77. The first-order chi connectivity index (χ1) is 15.3. The second-order valence-electron chi connectivity index (χ2n) is 7.42. The van der Waals surface area contributed by atoms with Gasteiger partial charge in [-0.2, -0.15) is 0 Å². The highest BCUT2D eigenvalue weighted by molar-refractivity contribution is 6.46. The number of likely N-dealkylation sites (N-methyl/N-ethyl adjacent to an activating group) is 1. The van der Waals surface area contributed by atoms with Gasteiger partial charge in [0.2, 0.25) is 0 Å². The van der Waals surface area contributed by atoms with Crippen LogP contribution < -0.4 is 4.74 Å². The predicted molar refractivity (Wildman–Crippen MR) is 126 cm³/mol. The van der Waals surface area contributed by atoms with E-state index in [9.17, 15) is 14.7 Å². The molecule has 0 bridgehead atoms. The van der Waals surface area contributed by atoms with E-state index in [0.717, 1.165) is 13.1 Å². The number of likely N-dealkylation sites (tertiary alicyclic amines) is 1. The lowest BCUT2D eigenvalue weighted by atomic mass is 9.95. The van der Waals surface area contributed by atoms with Crippen LogP contribution in [0, 0.1) is 0 Å². The molecule has 3 rings (SSSR count). The van der Waals surface area contributed by atoms with Crippen LogP contribution in [-0.2, 0) is 9.59 Å². The quantitative estimate of drug-likeness (QED) is 0.337. The third kappa shape index (κ3) is 4.77. The van der Waals surface area contributed by atoms with Gasteiger partial charge in [-0.05, 0) is 42.9 Å². The van der Waals surface area contributed by atoms with Crippen LogP contribution in [-0.4, -0.2) is 59.9 Å². The van der Waals surface area contributed by atoms with Gasteiger partial charge in [0, 0.05) is 18.7 Å². The maximum absolute atomic E-state index is 13.1. The van der Waals surface area contributed by atoms with E-state index in [2.05, 4.69) is 4.90 Å². The second-order valence-corrected chi connectivity index (χ2v) is 8.24. The molecule has 2 aromatic rings. The van der Waals surface area contributed by atoms with E-state index >= 15 is 0 Å². The number of carbonyl (C=O) groups is 2. The summed E-state index contributed by atoms with van der Waals surface area (Å²) >= 11 is 12.3. The van der Waals surface area contributed by atoms with Gasteiger partial charge < -0.3 is 19.6 Å². The van der Waals surface area contributed by atoms with Crippen molar-refractivity contribution < 1.29 is 19.4 Å². The Morgan fingerprint density at radius 1 is 1.09 bits per heavy atom. The monoisotopic (exact) mass is 476 g/mol. The zero-order valence-corrected chi connectivity index (χ0v) is 19.8. The van der Waals surface area contributed by atoms with Crippen LogP contribution in [0.1, 0.15) is 31.0 Å². The molecule has 1 saturated heterocycles. The van der Waals surface area contributed by atoms with Gasteiger partial charge >= 0.3 is 0 Å². The molecular formula is C24H26Cl2N2O4. The van der Waals surface area contributed by atoms with Crippen LogP contribution in [0.2, 0.25) is 10.0 Å². The van der Waals surface area contributed by atoms with E-state index in [1.165, 1.54) is 12.0 Å². The number of Topliss-reactive ketones (excluding diaryl/α,β-unsaturated/α-hetero) is 1. The van der Waals surface area contributed by atoms with Gasteiger partial charge in [0.15, 0.2) is 0 Å². The van der Waals surface area contributed by atoms with E-state index in [4.69, 9.17) is 27.9 Å².